The SMILES string of the molecule is Cc1cccc(N(CCCC(=O)N(Cc2ccccc2)[C@H](C)C(=O)NC2CCCC2)S(C)(=O)=O)c1. The molecule has 3 rings (SSSR count). The highest BCUT2D eigenvalue weighted by molar-refractivity contribution is 7.92. The first-order chi connectivity index (χ1) is 16.6. The Bertz CT molecular complexity index is 1100. The summed E-state index contributed by atoms with van der Waals surface area (Å²) >= 11 is 0. The topological polar surface area (TPSA) is 86.8 Å². The van der Waals surface area contributed by atoms with Gasteiger partial charge in [0.25, 0.3) is 0 Å². The minimum atomic E-state index is -3.50. The fourth-order valence-corrected chi connectivity index (χ4v) is 5.50. The largest absolute Gasteiger partial charge is 0.352 e. The van der Waals surface area contributed by atoms with Gasteiger partial charge in [0.2, 0.25) is 21.8 Å². The Balaban J connectivity index is 1.69. The number of anilines is 1. The summed E-state index contributed by atoms with van der Waals surface area (Å²) in [6, 6.07) is 16.5. The second-order valence-corrected chi connectivity index (χ2v) is 11.4. The maximum absolute atomic E-state index is 13.3. The molecule has 190 valence electrons. The Morgan fingerprint density at radius 3 is 2.37 bits per heavy atom. The normalized spacial score (nSPS) is 14.9. The molecule has 0 radical (unpaired) electrons. The zero-order chi connectivity index (χ0) is 25.4. The van der Waals surface area contributed by atoms with E-state index in [0.29, 0.717) is 18.7 Å². The molecule has 7 nitrogen and oxygen atoms in total. The lowest BCUT2D eigenvalue weighted by molar-refractivity contribution is -0.141. The van der Waals surface area contributed by atoms with Gasteiger partial charge in [0.1, 0.15) is 6.04 Å². The van der Waals surface area contributed by atoms with Gasteiger partial charge < -0.3 is 10.2 Å². The maximum Gasteiger partial charge on any atom is 0.242 e. The highest BCUT2D eigenvalue weighted by atomic mass is 32.2. The van der Waals surface area contributed by atoms with Crippen molar-refractivity contribution in [3.63, 3.8) is 0 Å². The zero-order valence-corrected chi connectivity index (χ0v) is 21.8. The number of benzene rings is 2. The highest BCUT2D eigenvalue weighted by Crippen LogP contribution is 2.21. The number of hydrogen-bond acceptors (Lipinski definition) is 4. The van der Waals surface area contributed by atoms with Crippen molar-refractivity contribution in [1.82, 2.24) is 10.2 Å². The van der Waals surface area contributed by atoms with Crippen LogP contribution in [-0.4, -0.2) is 50.0 Å². The summed E-state index contributed by atoms with van der Waals surface area (Å²) in [6.45, 7) is 4.19. The standard InChI is InChI=1S/C27H37N3O4S/c1-21-11-9-16-25(19-21)30(35(3,33)34)18-10-17-26(31)29(20-23-12-5-4-6-13-23)22(2)27(32)28-24-14-7-8-15-24/h4-6,9,11-13,16,19,22,24H,7-8,10,14-15,17-18,20H2,1-3H3,(H,28,32)/t22-/m1/s1. The van der Waals surface area contributed by atoms with Gasteiger partial charge in [0.15, 0.2) is 0 Å². The van der Waals surface area contributed by atoms with Crippen LogP contribution in [0.1, 0.15) is 56.6 Å². The third-order valence-electron chi connectivity index (χ3n) is 6.51. The van der Waals surface area contributed by atoms with E-state index in [4.69, 9.17) is 0 Å². The molecule has 2 aromatic rings. The van der Waals surface area contributed by atoms with Crippen LogP contribution in [0.5, 0.6) is 0 Å². The summed E-state index contributed by atoms with van der Waals surface area (Å²) in [7, 11) is -3.50. The van der Waals surface area contributed by atoms with Crippen molar-refractivity contribution in [3.8, 4) is 0 Å². The number of nitrogens with zero attached hydrogens (tertiary/aromatic N) is 2. The Hall–Kier alpha value is -2.87. The molecule has 1 aliphatic rings. The predicted octanol–water partition coefficient (Wildman–Crippen LogP) is 4.02. The second kappa shape index (κ2) is 12.2. The summed E-state index contributed by atoms with van der Waals surface area (Å²) in [6.07, 6.45) is 5.85. The molecule has 1 N–H and O–H groups in total. The number of carbonyl (C=O) groups excluding carboxylic acids is 2. The van der Waals surface area contributed by atoms with Crippen LogP contribution in [0.4, 0.5) is 5.69 Å². The molecule has 0 spiro atoms. The molecule has 2 aromatic carbocycles. The quantitative estimate of drug-likeness (QED) is 0.506. The number of amides is 2. The molecular weight excluding hydrogens is 462 g/mol. The van der Waals surface area contributed by atoms with Crippen LogP contribution in [0.2, 0.25) is 0 Å². The van der Waals surface area contributed by atoms with Crippen molar-refractivity contribution in [3.05, 3.63) is 65.7 Å². The van der Waals surface area contributed by atoms with Crippen molar-refractivity contribution in [2.45, 2.75) is 71.0 Å². The number of sulfonamides is 1. The first-order valence-electron chi connectivity index (χ1n) is 12.3. The molecule has 1 aliphatic carbocycles. The van der Waals surface area contributed by atoms with E-state index in [-0.39, 0.29) is 30.8 Å². The molecule has 0 unspecified atom stereocenters. The Morgan fingerprint density at radius 1 is 1.06 bits per heavy atom. The average Bonchev–Trinajstić information content (AvgIpc) is 3.32. The van der Waals surface area contributed by atoms with Gasteiger partial charge in [-0.3, -0.25) is 13.9 Å². The van der Waals surface area contributed by atoms with Crippen LogP contribution in [0.3, 0.4) is 0 Å². The van der Waals surface area contributed by atoms with E-state index in [2.05, 4.69) is 5.32 Å². The van der Waals surface area contributed by atoms with E-state index in [1.165, 1.54) is 10.6 Å². The van der Waals surface area contributed by atoms with E-state index >= 15 is 0 Å². The van der Waals surface area contributed by atoms with Crippen LogP contribution in [-0.2, 0) is 26.2 Å². The molecule has 2 amide bonds. The van der Waals surface area contributed by atoms with Crippen molar-refractivity contribution in [1.29, 1.82) is 0 Å². The first-order valence-corrected chi connectivity index (χ1v) is 14.2. The molecule has 1 saturated carbocycles. The Morgan fingerprint density at radius 2 is 1.74 bits per heavy atom. The Kier molecular flexibility index (Phi) is 9.32. The third kappa shape index (κ3) is 7.82. The molecule has 0 aliphatic heterocycles. The minimum Gasteiger partial charge on any atom is -0.352 e. The monoisotopic (exact) mass is 499 g/mol. The minimum absolute atomic E-state index is 0.140. The number of aryl methyl sites for hydroxylation is 1. The van der Waals surface area contributed by atoms with Gasteiger partial charge in [0, 0.05) is 25.6 Å². The van der Waals surface area contributed by atoms with Crippen LogP contribution in [0.25, 0.3) is 0 Å². The Labute approximate surface area is 209 Å². The smallest absolute Gasteiger partial charge is 0.242 e. The molecule has 0 bridgehead atoms. The van der Waals surface area contributed by atoms with Gasteiger partial charge in [-0.15, -0.1) is 0 Å². The molecule has 0 aromatic heterocycles. The van der Waals surface area contributed by atoms with Crippen LogP contribution in [0, 0.1) is 6.92 Å². The second-order valence-electron chi connectivity index (χ2n) is 9.45. The zero-order valence-electron chi connectivity index (χ0n) is 20.9. The summed E-state index contributed by atoms with van der Waals surface area (Å²) in [5.41, 5.74) is 2.49. The van der Waals surface area contributed by atoms with Gasteiger partial charge in [-0.05, 0) is 56.4 Å². The molecular formula is C27H37N3O4S. The highest BCUT2D eigenvalue weighted by Gasteiger charge is 2.28. The fourth-order valence-electron chi connectivity index (χ4n) is 4.54. The predicted molar refractivity (Wildman–Crippen MR) is 139 cm³/mol. The van der Waals surface area contributed by atoms with E-state index in [0.717, 1.165) is 36.8 Å². The van der Waals surface area contributed by atoms with Crippen molar-refractivity contribution in [2.24, 2.45) is 0 Å². The molecule has 8 heteroatoms. The molecule has 1 atom stereocenters. The van der Waals surface area contributed by atoms with Crippen molar-refractivity contribution in [2.75, 3.05) is 17.1 Å². The van der Waals surface area contributed by atoms with Gasteiger partial charge in [0.05, 0.1) is 11.9 Å². The van der Waals surface area contributed by atoms with Crippen LogP contribution >= 0.6 is 0 Å². The van der Waals surface area contributed by atoms with Crippen molar-refractivity contribution >= 4 is 27.5 Å². The molecule has 0 saturated heterocycles. The lowest BCUT2D eigenvalue weighted by atomic mass is 10.1. The average molecular weight is 500 g/mol. The lowest BCUT2D eigenvalue weighted by Gasteiger charge is -2.30. The third-order valence-corrected chi connectivity index (χ3v) is 7.70. The summed E-state index contributed by atoms with van der Waals surface area (Å²) in [4.78, 5) is 27.9. The summed E-state index contributed by atoms with van der Waals surface area (Å²) < 4.78 is 26.2. The number of carbonyl (C=O) groups is 2. The summed E-state index contributed by atoms with van der Waals surface area (Å²) in [5.74, 6) is -0.306. The van der Waals surface area contributed by atoms with Gasteiger partial charge in [-0.2, -0.15) is 0 Å². The van der Waals surface area contributed by atoms with Crippen LogP contribution < -0.4 is 9.62 Å². The maximum atomic E-state index is 13.3. The molecule has 1 fully saturated rings. The number of nitrogens with one attached hydrogen (secondary N) is 1. The first kappa shape index (κ1) is 26.7. The lowest BCUT2D eigenvalue weighted by Crippen LogP contribution is -2.49. The van der Waals surface area contributed by atoms with Crippen LogP contribution in [0.15, 0.2) is 54.6 Å². The van der Waals surface area contributed by atoms with E-state index in [9.17, 15) is 18.0 Å². The number of rotatable bonds is 11. The van der Waals surface area contributed by atoms with Gasteiger partial charge in [-0.25, -0.2) is 8.42 Å². The fraction of sp³-hybridized carbons (Fsp3) is 0.481. The van der Waals surface area contributed by atoms with Gasteiger partial charge >= 0.3 is 0 Å². The van der Waals surface area contributed by atoms with E-state index in [1.54, 1.807) is 17.9 Å². The summed E-state index contributed by atoms with van der Waals surface area (Å²) in [5, 5.41) is 3.10. The molecule has 0 heterocycles. The van der Waals surface area contributed by atoms with E-state index in [1.807, 2.05) is 55.5 Å². The number of hydrogen-bond donors (Lipinski definition) is 1. The van der Waals surface area contributed by atoms with Crippen molar-refractivity contribution < 1.29 is 18.0 Å². The van der Waals surface area contributed by atoms with Gasteiger partial charge in [-0.1, -0.05) is 55.3 Å². The van der Waals surface area contributed by atoms with E-state index < -0.39 is 16.1 Å². The molecule has 35 heavy (non-hydrogen) atoms.